The van der Waals surface area contributed by atoms with Gasteiger partial charge in [-0.05, 0) is 11.8 Å². The minimum atomic E-state index is 0. The predicted octanol–water partition coefficient (Wildman–Crippen LogP) is -1.76. The smallest absolute Gasteiger partial charge is 0.178 e. The minimum Gasteiger partial charge on any atom is -1.00 e. The second-order valence-corrected chi connectivity index (χ2v) is 6.28. The Labute approximate surface area is 133 Å². The van der Waals surface area contributed by atoms with E-state index in [1.807, 2.05) is 19.1 Å². The highest BCUT2D eigenvalue weighted by Gasteiger charge is 2.31. The van der Waals surface area contributed by atoms with Gasteiger partial charge in [-0.2, -0.15) is 0 Å². The van der Waals surface area contributed by atoms with Crippen molar-refractivity contribution in [2.75, 3.05) is 40.4 Å². The summed E-state index contributed by atoms with van der Waals surface area (Å²) >= 11 is 0. The Kier molecular flexibility index (Phi) is 6.26. The lowest BCUT2D eigenvalue weighted by Gasteiger charge is -2.31. The molecule has 5 heteroatoms. The van der Waals surface area contributed by atoms with Gasteiger partial charge in [-0.3, -0.25) is 0 Å². The fourth-order valence-corrected chi connectivity index (χ4v) is 2.78. The molecule has 0 atom stereocenters. The average molecular weight is 379 g/mol. The summed E-state index contributed by atoms with van der Waals surface area (Å²) in [6.45, 7) is 8.45. The molecule has 0 unspecified atom stereocenters. The summed E-state index contributed by atoms with van der Waals surface area (Å²) in [6, 6.07) is 0. The van der Waals surface area contributed by atoms with Crippen molar-refractivity contribution in [1.82, 2.24) is 10.4 Å². The molecule has 1 saturated heterocycles. The molecule has 0 bridgehead atoms. The summed E-state index contributed by atoms with van der Waals surface area (Å²) in [6.07, 6.45) is 4.60. The van der Waals surface area contributed by atoms with Crippen molar-refractivity contribution in [2.45, 2.75) is 26.7 Å². The molecular weight excluding hydrogens is 353 g/mol. The zero-order chi connectivity index (χ0) is 13.2. The highest BCUT2D eigenvalue weighted by molar-refractivity contribution is 5.92. The number of halogens is 1. The highest BCUT2D eigenvalue weighted by Crippen LogP contribution is 2.33. The maximum atomic E-state index is 5.43. The van der Waals surface area contributed by atoms with Gasteiger partial charge in [0.2, 0.25) is 0 Å². The van der Waals surface area contributed by atoms with Crippen molar-refractivity contribution in [3.05, 3.63) is 11.8 Å². The van der Waals surface area contributed by atoms with Crippen molar-refractivity contribution in [2.24, 2.45) is 5.41 Å². The summed E-state index contributed by atoms with van der Waals surface area (Å²) in [4.78, 5) is 0. The van der Waals surface area contributed by atoms with E-state index in [4.69, 9.17) is 4.74 Å². The normalized spacial score (nSPS) is 22.9. The highest BCUT2D eigenvalue weighted by atomic mass is 127. The van der Waals surface area contributed by atoms with Crippen molar-refractivity contribution in [3.8, 4) is 0 Å². The van der Waals surface area contributed by atoms with Crippen molar-refractivity contribution in [1.29, 1.82) is 0 Å². The predicted molar refractivity (Wildman–Crippen MR) is 73.7 cm³/mol. The van der Waals surface area contributed by atoms with E-state index >= 15 is 0 Å². The molecule has 0 aromatic heterocycles. The Balaban J connectivity index is 0.00000180. The lowest BCUT2D eigenvalue weighted by Crippen LogP contribution is -3.00. The van der Waals surface area contributed by atoms with Gasteiger partial charge in [0.15, 0.2) is 18.8 Å². The average Bonchev–Trinajstić information content (AvgIpc) is 2.27. The Morgan fingerprint density at radius 1 is 1.21 bits per heavy atom. The van der Waals surface area contributed by atoms with E-state index in [1.165, 1.54) is 11.4 Å². The van der Waals surface area contributed by atoms with Crippen LogP contribution >= 0.6 is 0 Å². The molecular formula is C14H26IN3O. The van der Waals surface area contributed by atoms with Crippen molar-refractivity contribution >= 4 is 5.71 Å². The van der Waals surface area contributed by atoms with Crippen LogP contribution in [0.5, 0.6) is 0 Å². The van der Waals surface area contributed by atoms with Crippen LogP contribution in [0.2, 0.25) is 0 Å². The first-order valence-corrected chi connectivity index (χ1v) is 6.79. The van der Waals surface area contributed by atoms with Crippen LogP contribution in [0.1, 0.15) is 26.7 Å². The van der Waals surface area contributed by atoms with Gasteiger partial charge in [0.1, 0.15) is 13.2 Å². The van der Waals surface area contributed by atoms with Crippen molar-refractivity contribution < 1.29 is 33.3 Å². The minimum absolute atomic E-state index is 0. The first-order chi connectivity index (χ1) is 8.46. The van der Waals surface area contributed by atoms with Crippen LogP contribution < -0.4 is 29.4 Å². The molecule has 1 heterocycles. The van der Waals surface area contributed by atoms with Crippen LogP contribution in [0.15, 0.2) is 11.8 Å². The fourth-order valence-electron chi connectivity index (χ4n) is 2.78. The van der Waals surface area contributed by atoms with E-state index in [0.717, 1.165) is 39.1 Å². The zero-order valence-corrected chi connectivity index (χ0v) is 14.7. The molecule has 1 fully saturated rings. The third kappa shape index (κ3) is 5.04. The summed E-state index contributed by atoms with van der Waals surface area (Å²) in [5.74, 6) is 0. The van der Waals surface area contributed by atoms with Gasteiger partial charge in [-0.15, -0.1) is 0 Å². The SMILES string of the molecule is CN(C)NC1=CC(=[N+]2CCOCC2)CC(C)(C)C1.[I-]. The number of rotatable bonds is 2. The van der Waals surface area contributed by atoms with Gasteiger partial charge in [0, 0.05) is 32.3 Å². The van der Waals surface area contributed by atoms with Crippen LogP contribution in [0.4, 0.5) is 0 Å². The largest absolute Gasteiger partial charge is 1.00 e. The lowest BCUT2D eigenvalue weighted by molar-refractivity contribution is -0.550. The van der Waals surface area contributed by atoms with Gasteiger partial charge >= 0.3 is 0 Å². The first-order valence-electron chi connectivity index (χ1n) is 6.79. The third-order valence-electron chi connectivity index (χ3n) is 3.45. The zero-order valence-electron chi connectivity index (χ0n) is 12.5. The van der Waals surface area contributed by atoms with E-state index in [-0.39, 0.29) is 24.0 Å². The van der Waals surface area contributed by atoms with Crippen LogP contribution in [-0.4, -0.2) is 55.7 Å². The molecule has 2 rings (SSSR count). The van der Waals surface area contributed by atoms with Crippen LogP contribution in [0.25, 0.3) is 0 Å². The van der Waals surface area contributed by atoms with E-state index < -0.39 is 0 Å². The number of hydrogen-bond donors (Lipinski definition) is 1. The van der Waals surface area contributed by atoms with Gasteiger partial charge in [-0.25, -0.2) is 9.58 Å². The fraction of sp³-hybridized carbons (Fsp3) is 0.786. The monoisotopic (exact) mass is 379 g/mol. The number of hydrogen-bond acceptors (Lipinski definition) is 3. The molecule has 0 aromatic rings. The topological polar surface area (TPSA) is 27.5 Å². The molecule has 0 radical (unpaired) electrons. The molecule has 1 aliphatic carbocycles. The Bertz CT molecular complexity index is 367. The number of allylic oxidation sites excluding steroid dienone is 2. The third-order valence-corrected chi connectivity index (χ3v) is 3.45. The molecule has 19 heavy (non-hydrogen) atoms. The maximum absolute atomic E-state index is 5.43. The van der Waals surface area contributed by atoms with Gasteiger partial charge in [-0.1, -0.05) is 13.8 Å². The summed E-state index contributed by atoms with van der Waals surface area (Å²) in [7, 11) is 4.08. The summed E-state index contributed by atoms with van der Waals surface area (Å²) in [5.41, 5.74) is 6.53. The number of hydrazine groups is 1. The number of ether oxygens (including phenoxy) is 1. The molecule has 0 amide bonds. The second kappa shape index (κ2) is 7.04. The quantitative estimate of drug-likeness (QED) is 0.350. The first kappa shape index (κ1) is 16.9. The van der Waals surface area contributed by atoms with Crippen molar-refractivity contribution in [3.63, 3.8) is 0 Å². The van der Waals surface area contributed by atoms with Gasteiger partial charge in [0.05, 0.1) is 0 Å². The molecule has 2 aliphatic rings. The molecule has 0 aromatic carbocycles. The maximum Gasteiger partial charge on any atom is 0.178 e. The van der Waals surface area contributed by atoms with E-state index in [1.54, 1.807) is 0 Å². The molecule has 1 N–H and O–H groups in total. The Morgan fingerprint density at radius 3 is 2.42 bits per heavy atom. The van der Waals surface area contributed by atoms with E-state index in [9.17, 15) is 0 Å². The summed E-state index contributed by atoms with van der Waals surface area (Å²) in [5, 5.41) is 2.02. The van der Waals surface area contributed by atoms with E-state index in [0.29, 0.717) is 5.41 Å². The number of nitrogens with one attached hydrogen (secondary N) is 1. The Hall–Kier alpha value is -0.140. The lowest BCUT2D eigenvalue weighted by atomic mass is 9.78. The standard InChI is InChI=1S/C14H25N3O.HI/c1-14(2)10-12(15-16(3)4)9-13(11-14)17-5-7-18-8-6-17;/h9H,5-8,10-11H2,1-4H3;1H. The van der Waals surface area contributed by atoms with Crippen LogP contribution in [0, 0.1) is 5.41 Å². The number of nitrogens with zero attached hydrogens (tertiary/aromatic N) is 2. The molecule has 0 saturated carbocycles. The molecule has 0 spiro atoms. The Morgan fingerprint density at radius 2 is 1.84 bits per heavy atom. The summed E-state index contributed by atoms with van der Waals surface area (Å²) < 4.78 is 7.91. The van der Waals surface area contributed by atoms with Crippen LogP contribution in [-0.2, 0) is 4.74 Å². The molecule has 4 nitrogen and oxygen atoms in total. The molecule has 1 aliphatic heterocycles. The second-order valence-electron chi connectivity index (χ2n) is 6.28. The van der Waals surface area contributed by atoms with Gasteiger partial charge in [0.25, 0.3) is 0 Å². The van der Waals surface area contributed by atoms with E-state index in [2.05, 4.69) is 29.9 Å². The van der Waals surface area contributed by atoms with Crippen LogP contribution in [0.3, 0.4) is 0 Å². The van der Waals surface area contributed by atoms with Gasteiger partial charge < -0.3 is 34.1 Å². The number of morpholine rings is 1. The molecule has 110 valence electrons.